The molecule has 0 aliphatic carbocycles. The van der Waals surface area contributed by atoms with E-state index in [1.54, 1.807) is 13.0 Å². The van der Waals surface area contributed by atoms with Crippen LogP contribution in [0.25, 0.3) is 0 Å². The molecule has 0 fully saturated rings. The Hall–Kier alpha value is -1.52. The minimum atomic E-state index is -4.48. The van der Waals surface area contributed by atoms with Crippen LogP contribution in [0.3, 0.4) is 0 Å². The molecule has 1 amide bonds. The SMILES string of the molecule is CCCC(=O)NC(c1ccccc1)C(F)(F)F. The van der Waals surface area contributed by atoms with E-state index in [4.69, 9.17) is 0 Å². The summed E-state index contributed by atoms with van der Waals surface area (Å²) in [7, 11) is 0. The summed E-state index contributed by atoms with van der Waals surface area (Å²) >= 11 is 0. The second-order valence-corrected chi connectivity index (χ2v) is 3.70. The molecule has 0 aliphatic rings. The zero-order valence-electron chi connectivity index (χ0n) is 9.42. The maximum atomic E-state index is 12.8. The van der Waals surface area contributed by atoms with Crippen molar-refractivity contribution in [3.63, 3.8) is 0 Å². The van der Waals surface area contributed by atoms with Crippen molar-refractivity contribution in [1.82, 2.24) is 5.32 Å². The lowest BCUT2D eigenvalue weighted by atomic mass is 10.1. The van der Waals surface area contributed by atoms with Gasteiger partial charge in [0.15, 0.2) is 6.04 Å². The fourth-order valence-corrected chi connectivity index (χ4v) is 1.46. The average Bonchev–Trinajstić information content (AvgIpc) is 2.26. The molecule has 17 heavy (non-hydrogen) atoms. The number of nitrogens with one attached hydrogen (secondary N) is 1. The molecule has 0 heterocycles. The van der Waals surface area contributed by atoms with E-state index in [-0.39, 0.29) is 12.0 Å². The van der Waals surface area contributed by atoms with Gasteiger partial charge in [0.1, 0.15) is 0 Å². The van der Waals surface area contributed by atoms with Crippen molar-refractivity contribution in [2.45, 2.75) is 32.0 Å². The highest BCUT2D eigenvalue weighted by molar-refractivity contribution is 5.76. The van der Waals surface area contributed by atoms with Crippen molar-refractivity contribution in [3.05, 3.63) is 35.9 Å². The van der Waals surface area contributed by atoms with E-state index in [1.807, 2.05) is 5.32 Å². The number of rotatable bonds is 4. The van der Waals surface area contributed by atoms with Crippen LogP contribution in [0, 0.1) is 0 Å². The van der Waals surface area contributed by atoms with E-state index in [2.05, 4.69) is 0 Å². The van der Waals surface area contributed by atoms with Gasteiger partial charge in [-0.1, -0.05) is 37.3 Å². The zero-order chi connectivity index (χ0) is 12.9. The predicted octanol–water partition coefficient (Wildman–Crippen LogP) is 3.21. The van der Waals surface area contributed by atoms with Crippen molar-refractivity contribution in [1.29, 1.82) is 0 Å². The van der Waals surface area contributed by atoms with Crippen molar-refractivity contribution < 1.29 is 18.0 Å². The van der Waals surface area contributed by atoms with Crippen LogP contribution in [-0.4, -0.2) is 12.1 Å². The second-order valence-electron chi connectivity index (χ2n) is 3.70. The van der Waals surface area contributed by atoms with Gasteiger partial charge >= 0.3 is 6.18 Å². The van der Waals surface area contributed by atoms with Crippen molar-refractivity contribution in [2.24, 2.45) is 0 Å². The Morgan fingerprint density at radius 3 is 2.35 bits per heavy atom. The molecule has 0 aliphatic heterocycles. The molecule has 1 rings (SSSR count). The van der Waals surface area contributed by atoms with Crippen molar-refractivity contribution >= 4 is 5.91 Å². The standard InChI is InChI=1S/C12H14F3NO/c1-2-6-10(17)16-11(12(13,14)15)9-7-4-3-5-8-9/h3-5,7-8,11H,2,6H2,1H3,(H,16,17). The third-order valence-corrected chi connectivity index (χ3v) is 2.24. The fraction of sp³-hybridized carbons (Fsp3) is 0.417. The summed E-state index contributed by atoms with van der Waals surface area (Å²) in [5, 5.41) is 2.01. The van der Waals surface area contributed by atoms with Crippen LogP contribution in [-0.2, 0) is 4.79 Å². The minimum absolute atomic E-state index is 0.0458. The number of carbonyl (C=O) groups is 1. The molecule has 1 N–H and O–H groups in total. The lowest BCUT2D eigenvalue weighted by Crippen LogP contribution is -2.37. The van der Waals surface area contributed by atoms with Crippen LogP contribution in [0.4, 0.5) is 13.2 Å². The Morgan fingerprint density at radius 2 is 1.88 bits per heavy atom. The molecule has 0 saturated carbocycles. The van der Waals surface area contributed by atoms with Gasteiger partial charge in [-0.2, -0.15) is 13.2 Å². The molecule has 1 aromatic rings. The summed E-state index contributed by atoms with van der Waals surface area (Å²) in [5.41, 5.74) is 0.0458. The van der Waals surface area contributed by atoms with Gasteiger partial charge in [-0.25, -0.2) is 0 Å². The monoisotopic (exact) mass is 245 g/mol. The van der Waals surface area contributed by atoms with Gasteiger partial charge in [-0.3, -0.25) is 4.79 Å². The van der Waals surface area contributed by atoms with Gasteiger partial charge in [0.2, 0.25) is 5.91 Å². The van der Waals surface area contributed by atoms with E-state index >= 15 is 0 Å². The molecular formula is C12H14F3NO. The maximum Gasteiger partial charge on any atom is 0.412 e. The molecule has 1 atom stereocenters. The molecule has 0 spiro atoms. The summed E-state index contributed by atoms with van der Waals surface area (Å²) in [6.45, 7) is 1.74. The first-order valence-corrected chi connectivity index (χ1v) is 5.36. The molecule has 0 bridgehead atoms. The second kappa shape index (κ2) is 5.70. The van der Waals surface area contributed by atoms with E-state index < -0.39 is 18.1 Å². The van der Waals surface area contributed by atoms with Gasteiger partial charge in [0.05, 0.1) is 0 Å². The van der Waals surface area contributed by atoms with Crippen LogP contribution in [0.5, 0.6) is 0 Å². The van der Waals surface area contributed by atoms with Gasteiger partial charge < -0.3 is 5.32 Å². The molecule has 0 aromatic heterocycles. The fourth-order valence-electron chi connectivity index (χ4n) is 1.46. The van der Waals surface area contributed by atoms with Crippen LogP contribution in [0.15, 0.2) is 30.3 Å². The van der Waals surface area contributed by atoms with Crippen LogP contribution in [0.1, 0.15) is 31.4 Å². The van der Waals surface area contributed by atoms with Gasteiger partial charge in [-0.15, -0.1) is 0 Å². The first-order chi connectivity index (χ1) is 7.95. The largest absolute Gasteiger partial charge is 0.412 e. The highest BCUT2D eigenvalue weighted by Crippen LogP contribution is 2.32. The summed E-state index contributed by atoms with van der Waals surface area (Å²) in [6.07, 6.45) is -3.87. The molecular weight excluding hydrogens is 231 g/mol. The van der Waals surface area contributed by atoms with Crippen LogP contribution < -0.4 is 5.32 Å². The van der Waals surface area contributed by atoms with E-state index in [9.17, 15) is 18.0 Å². The number of alkyl halides is 3. The number of carbonyl (C=O) groups excluding carboxylic acids is 1. The number of benzene rings is 1. The minimum Gasteiger partial charge on any atom is -0.341 e. The first-order valence-electron chi connectivity index (χ1n) is 5.36. The van der Waals surface area contributed by atoms with Crippen LogP contribution >= 0.6 is 0 Å². The van der Waals surface area contributed by atoms with E-state index in [1.165, 1.54) is 24.3 Å². The molecule has 0 radical (unpaired) electrons. The Kier molecular flexibility index (Phi) is 4.54. The topological polar surface area (TPSA) is 29.1 Å². The van der Waals surface area contributed by atoms with Crippen molar-refractivity contribution in [2.75, 3.05) is 0 Å². The Bertz CT molecular complexity index is 362. The number of hydrogen-bond donors (Lipinski definition) is 1. The smallest absolute Gasteiger partial charge is 0.341 e. The maximum absolute atomic E-state index is 12.8. The third-order valence-electron chi connectivity index (χ3n) is 2.24. The molecule has 1 unspecified atom stereocenters. The molecule has 2 nitrogen and oxygen atoms in total. The lowest BCUT2D eigenvalue weighted by molar-refractivity contribution is -0.163. The lowest BCUT2D eigenvalue weighted by Gasteiger charge is -2.21. The first kappa shape index (κ1) is 13.5. The van der Waals surface area contributed by atoms with E-state index in [0.717, 1.165) is 0 Å². The van der Waals surface area contributed by atoms with Gasteiger partial charge in [0, 0.05) is 6.42 Å². The Balaban J connectivity index is 2.87. The number of halogens is 3. The van der Waals surface area contributed by atoms with Crippen molar-refractivity contribution in [3.8, 4) is 0 Å². The molecule has 94 valence electrons. The quantitative estimate of drug-likeness (QED) is 0.867. The molecule has 0 saturated heterocycles. The Morgan fingerprint density at radius 1 is 1.29 bits per heavy atom. The molecule has 1 aromatic carbocycles. The summed E-state index contributed by atoms with van der Waals surface area (Å²) in [4.78, 5) is 11.3. The van der Waals surface area contributed by atoms with E-state index in [0.29, 0.717) is 6.42 Å². The third kappa shape index (κ3) is 4.09. The molecule has 5 heteroatoms. The zero-order valence-corrected chi connectivity index (χ0v) is 9.42. The number of amides is 1. The predicted molar refractivity (Wildman–Crippen MR) is 58.3 cm³/mol. The highest BCUT2D eigenvalue weighted by atomic mass is 19.4. The normalized spacial score (nSPS) is 13.2. The van der Waals surface area contributed by atoms with Crippen LogP contribution in [0.2, 0.25) is 0 Å². The Labute approximate surface area is 97.8 Å². The highest BCUT2D eigenvalue weighted by Gasteiger charge is 2.41. The summed E-state index contributed by atoms with van der Waals surface area (Å²) < 4.78 is 38.4. The van der Waals surface area contributed by atoms with Gasteiger partial charge in [0.25, 0.3) is 0 Å². The average molecular weight is 245 g/mol. The van der Waals surface area contributed by atoms with Gasteiger partial charge in [-0.05, 0) is 12.0 Å². The summed E-state index contributed by atoms with van der Waals surface area (Å²) in [5.74, 6) is -0.585. The summed E-state index contributed by atoms with van der Waals surface area (Å²) in [6, 6.07) is 5.43. The number of hydrogen-bond acceptors (Lipinski definition) is 1.